The molecule has 1 aliphatic carbocycles. The molecule has 1 aromatic carbocycles. The zero-order valence-electron chi connectivity index (χ0n) is 12.5. The van der Waals surface area contributed by atoms with Crippen LogP contribution in [-0.4, -0.2) is 34.3 Å². The van der Waals surface area contributed by atoms with E-state index in [2.05, 4.69) is 14.9 Å². The maximum atomic E-state index is 12.6. The molecule has 1 aromatic heterocycles. The first-order valence-electron chi connectivity index (χ1n) is 7.10. The minimum absolute atomic E-state index is 0.00902. The smallest absolute Gasteiger partial charge is 0.335 e. The van der Waals surface area contributed by atoms with Crippen molar-refractivity contribution >= 4 is 16.0 Å². The van der Waals surface area contributed by atoms with E-state index < -0.39 is 16.0 Å². The van der Waals surface area contributed by atoms with Gasteiger partial charge in [0.2, 0.25) is 10.0 Å². The number of benzene rings is 1. The van der Waals surface area contributed by atoms with Crippen LogP contribution in [0.25, 0.3) is 0 Å². The van der Waals surface area contributed by atoms with Crippen molar-refractivity contribution in [1.29, 1.82) is 0 Å². The van der Waals surface area contributed by atoms with Gasteiger partial charge in [0, 0.05) is 7.05 Å². The van der Waals surface area contributed by atoms with Crippen LogP contribution in [0.2, 0.25) is 0 Å². The molecule has 0 aliphatic heterocycles. The van der Waals surface area contributed by atoms with Crippen molar-refractivity contribution in [2.24, 2.45) is 7.05 Å². The maximum absolute atomic E-state index is 12.6. The van der Waals surface area contributed by atoms with E-state index in [1.807, 2.05) is 0 Å². The van der Waals surface area contributed by atoms with Crippen molar-refractivity contribution < 1.29 is 18.3 Å². The Balaban J connectivity index is 1.96. The Morgan fingerprint density at radius 1 is 1.39 bits per heavy atom. The molecule has 122 valence electrons. The summed E-state index contributed by atoms with van der Waals surface area (Å²) in [6, 6.07) is 2.79. The van der Waals surface area contributed by atoms with Crippen LogP contribution in [-0.2, 0) is 36.5 Å². The lowest BCUT2D eigenvalue weighted by Gasteiger charge is -2.12. The second-order valence-corrected chi connectivity index (χ2v) is 7.19. The summed E-state index contributed by atoms with van der Waals surface area (Å²) in [4.78, 5) is 11.3. The SMILES string of the molecule is Cn1cnnc1CNS(=O)(=O)c1cc(C(=O)O)cc2c1CCC2. The third kappa shape index (κ3) is 2.97. The summed E-state index contributed by atoms with van der Waals surface area (Å²) in [5.41, 5.74) is 1.49. The molecule has 0 atom stereocenters. The number of fused-ring (bicyclic) bond motifs is 1. The largest absolute Gasteiger partial charge is 0.478 e. The van der Waals surface area contributed by atoms with E-state index in [0.29, 0.717) is 24.2 Å². The molecule has 0 spiro atoms. The van der Waals surface area contributed by atoms with Gasteiger partial charge in [0.25, 0.3) is 0 Å². The molecule has 8 nitrogen and oxygen atoms in total. The maximum Gasteiger partial charge on any atom is 0.335 e. The fraction of sp³-hybridized carbons (Fsp3) is 0.357. The molecule has 0 radical (unpaired) electrons. The van der Waals surface area contributed by atoms with Gasteiger partial charge in [-0.25, -0.2) is 17.9 Å². The molecular weight excluding hydrogens is 320 g/mol. The molecule has 1 aliphatic rings. The quantitative estimate of drug-likeness (QED) is 0.821. The number of nitrogens with zero attached hydrogens (tertiary/aromatic N) is 3. The molecule has 0 amide bonds. The van der Waals surface area contributed by atoms with E-state index in [-0.39, 0.29) is 17.0 Å². The first-order valence-corrected chi connectivity index (χ1v) is 8.58. The molecule has 0 unspecified atom stereocenters. The number of hydrogen-bond acceptors (Lipinski definition) is 5. The summed E-state index contributed by atoms with van der Waals surface area (Å²) in [6.07, 6.45) is 3.63. The Morgan fingerprint density at radius 3 is 2.83 bits per heavy atom. The van der Waals surface area contributed by atoms with Gasteiger partial charge >= 0.3 is 5.97 Å². The van der Waals surface area contributed by atoms with Crippen LogP contribution in [0.1, 0.15) is 33.7 Å². The molecular formula is C14H16N4O4S. The van der Waals surface area contributed by atoms with E-state index in [1.165, 1.54) is 12.4 Å². The van der Waals surface area contributed by atoms with Crippen LogP contribution in [0.3, 0.4) is 0 Å². The summed E-state index contributed by atoms with van der Waals surface area (Å²) in [5, 5.41) is 16.7. The van der Waals surface area contributed by atoms with Crippen LogP contribution in [0.4, 0.5) is 0 Å². The van der Waals surface area contributed by atoms with Gasteiger partial charge < -0.3 is 9.67 Å². The lowest BCUT2D eigenvalue weighted by molar-refractivity contribution is 0.0696. The molecule has 2 aromatic rings. The third-order valence-electron chi connectivity index (χ3n) is 3.94. The van der Waals surface area contributed by atoms with Crippen molar-refractivity contribution in [2.45, 2.75) is 30.7 Å². The second-order valence-electron chi connectivity index (χ2n) is 5.45. The third-order valence-corrected chi connectivity index (χ3v) is 5.40. The minimum Gasteiger partial charge on any atom is -0.478 e. The van der Waals surface area contributed by atoms with Gasteiger partial charge in [-0.3, -0.25) is 0 Å². The Hall–Kier alpha value is -2.26. The van der Waals surface area contributed by atoms with E-state index in [1.54, 1.807) is 17.7 Å². The highest BCUT2D eigenvalue weighted by Gasteiger charge is 2.26. The number of aromatic nitrogens is 3. The number of sulfonamides is 1. The molecule has 0 saturated heterocycles. The Bertz CT molecular complexity index is 873. The van der Waals surface area contributed by atoms with Gasteiger partial charge in [0.15, 0.2) is 0 Å². The van der Waals surface area contributed by atoms with E-state index in [9.17, 15) is 18.3 Å². The van der Waals surface area contributed by atoms with Crippen LogP contribution < -0.4 is 4.72 Å². The van der Waals surface area contributed by atoms with Crippen LogP contribution in [0.15, 0.2) is 23.4 Å². The Morgan fingerprint density at radius 2 is 2.17 bits per heavy atom. The molecule has 0 saturated carbocycles. The number of nitrogens with one attached hydrogen (secondary N) is 1. The monoisotopic (exact) mass is 336 g/mol. The fourth-order valence-electron chi connectivity index (χ4n) is 2.73. The molecule has 1 heterocycles. The highest BCUT2D eigenvalue weighted by molar-refractivity contribution is 7.89. The predicted octanol–water partition coefficient (Wildman–Crippen LogP) is 0.480. The second kappa shape index (κ2) is 5.74. The Labute approximate surface area is 133 Å². The van der Waals surface area contributed by atoms with Crippen molar-refractivity contribution in [3.05, 3.63) is 41.0 Å². The normalized spacial score (nSPS) is 14.0. The molecule has 23 heavy (non-hydrogen) atoms. The zero-order chi connectivity index (χ0) is 16.6. The summed E-state index contributed by atoms with van der Waals surface area (Å²) >= 11 is 0. The first kappa shape index (κ1) is 15.6. The lowest BCUT2D eigenvalue weighted by Crippen LogP contribution is -2.26. The van der Waals surface area contributed by atoms with Crippen LogP contribution in [0.5, 0.6) is 0 Å². The van der Waals surface area contributed by atoms with Crippen molar-refractivity contribution in [1.82, 2.24) is 19.5 Å². The number of carbonyl (C=O) groups is 1. The number of carboxylic acid groups (broad SMARTS) is 1. The average Bonchev–Trinajstić information content (AvgIpc) is 3.12. The van der Waals surface area contributed by atoms with Gasteiger partial charge in [-0.2, -0.15) is 0 Å². The summed E-state index contributed by atoms with van der Waals surface area (Å²) < 4.78 is 29.3. The number of aromatic carboxylic acids is 1. The molecule has 3 rings (SSSR count). The number of aryl methyl sites for hydroxylation is 2. The molecule has 0 fully saturated rings. The average molecular weight is 336 g/mol. The topological polar surface area (TPSA) is 114 Å². The van der Waals surface area contributed by atoms with Gasteiger partial charge in [0.1, 0.15) is 12.2 Å². The van der Waals surface area contributed by atoms with E-state index in [0.717, 1.165) is 12.0 Å². The Kier molecular flexibility index (Phi) is 3.90. The zero-order valence-corrected chi connectivity index (χ0v) is 13.3. The molecule has 9 heteroatoms. The van der Waals surface area contributed by atoms with Crippen molar-refractivity contribution in [3.8, 4) is 0 Å². The molecule has 0 bridgehead atoms. The fourth-order valence-corrected chi connectivity index (χ4v) is 4.05. The number of carboxylic acids is 1. The van der Waals surface area contributed by atoms with Crippen LogP contribution in [0, 0.1) is 0 Å². The van der Waals surface area contributed by atoms with Gasteiger partial charge in [-0.15, -0.1) is 10.2 Å². The summed E-state index contributed by atoms with van der Waals surface area (Å²) in [6.45, 7) is -0.00902. The highest BCUT2D eigenvalue weighted by atomic mass is 32.2. The van der Waals surface area contributed by atoms with Gasteiger partial charge in [0.05, 0.1) is 17.0 Å². The lowest BCUT2D eigenvalue weighted by atomic mass is 10.1. The standard InChI is InChI=1S/C14H16N4O4S/c1-18-8-15-17-13(18)7-16-23(21,22)12-6-10(14(19)20)5-9-3-2-4-11(9)12/h5-6,8,16H,2-4,7H2,1H3,(H,19,20). The summed E-state index contributed by atoms with van der Waals surface area (Å²) in [7, 11) is -2.11. The van der Waals surface area contributed by atoms with Gasteiger partial charge in [-0.1, -0.05) is 0 Å². The molecule has 2 N–H and O–H groups in total. The number of hydrogen-bond donors (Lipinski definition) is 2. The van der Waals surface area contributed by atoms with Gasteiger partial charge in [-0.05, 0) is 42.5 Å². The van der Waals surface area contributed by atoms with Crippen molar-refractivity contribution in [3.63, 3.8) is 0 Å². The number of rotatable bonds is 5. The summed E-state index contributed by atoms with van der Waals surface area (Å²) in [5.74, 6) is -0.663. The minimum atomic E-state index is -3.83. The van der Waals surface area contributed by atoms with E-state index >= 15 is 0 Å². The van der Waals surface area contributed by atoms with Crippen molar-refractivity contribution in [2.75, 3.05) is 0 Å². The first-order chi connectivity index (χ1) is 10.9. The highest BCUT2D eigenvalue weighted by Crippen LogP contribution is 2.30. The van der Waals surface area contributed by atoms with Crippen LogP contribution >= 0.6 is 0 Å². The van der Waals surface area contributed by atoms with E-state index in [4.69, 9.17) is 0 Å². The predicted molar refractivity (Wildman–Crippen MR) is 80.5 cm³/mol.